The topological polar surface area (TPSA) is 90.5 Å². The number of imide groups is 1. The first kappa shape index (κ1) is 19.7. The van der Waals surface area contributed by atoms with Crippen LogP contribution in [0.5, 0.6) is 0 Å². The lowest BCUT2D eigenvalue weighted by atomic mass is 9.93. The van der Waals surface area contributed by atoms with Crippen molar-refractivity contribution in [3.8, 4) is 0 Å². The third-order valence-corrected chi connectivity index (χ3v) is 3.68. The molecular weight excluding hydrogens is 296 g/mol. The van der Waals surface area contributed by atoms with E-state index in [1.165, 1.54) is 0 Å². The Morgan fingerprint density at radius 1 is 1.24 bits per heavy atom. The van der Waals surface area contributed by atoms with Gasteiger partial charge in [0.15, 0.2) is 0 Å². The molecule has 0 unspecified atom stereocenters. The molecule has 0 bridgehead atoms. The summed E-state index contributed by atoms with van der Waals surface area (Å²) < 4.78 is 0. The van der Waals surface area contributed by atoms with Crippen molar-refractivity contribution in [3.63, 3.8) is 0 Å². The van der Waals surface area contributed by atoms with E-state index >= 15 is 0 Å². The minimum absolute atomic E-state index is 0. The van der Waals surface area contributed by atoms with Gasteiger partial charge in [-0.3, -0.25) is 14.5 Å². The maximum absolute atomic E-state index is 12.3. The number of nitrogens with one attached hydrogen (secondary N) is 3. The minimum Gasteiger partial charge on any atom is -0.354 e. The normalized spacial score (nSPS) is 16.4. The lowest BCUT2D eigenvalue weighted by Crippen LogP contribution is -2.46. The van der Waals surface area contributed by atoms with Crippen LogP contribution in [0.1, 0.15) is 33.1 Å². The molecule has 1 aliphatic heterocycles. The molecule has 122 valence electrons. The van der Waals surface area contributed by atoms with Crippen molar-refractivity contribution >= 4 is 30.3 Å². The van der Waals surface area contributed by atoms with Gasteiger partial charge in [-0.25, -0.2) is 4.79 Å². The average Bonchev–Trinajstić information content (AvgIpc) is 2.68. The molecule has 1 saturated heterocycles. The zero-order valence-corrected chi connectivity index (χ0v) is 13.6. The molecule has 21 heavy (non-hydrogen) atoms. The van der Waals surface area contributed by atoms with Gasteiger partial charge in [-0.15, -0.1) is 12.4 Å². The molecule has 7 nitrogen and oxygen atoms in total. The van der Waals surface area contributed by atoms with Crippen molar-refractivity contribution in [1.29, 1.82) is 0 Å². The van der Waals surface area contributed by atoms with E-state index in [0.717, 1.165) is 17.9 Å². The van der Waals surface area contributed by atoms with Crippen LogP contribution < -0.4 is 16.0 Å². The van der Waals surface area contributed by atoms with Gasteiger partial charge in [-0.1, -0.05) is 13.8 Å². The maximum Gasteiger partial charge on any atom is 0.325 e. The van der Waals surface area contributed by atoms with Gasteiger partial charge in [-0.05, 0) is 32.9 Å². The molecule has 0 aromatic carbocycles. The Labute approximate surface area is 131 Å². The summed E-state index contributed by atoms with van der Waals surface area (Å²) in [6.07, 6.45) is 1.85. The van der Waals surface area contributed by atoms with Gasteiger partial charge in [0.05, 0.1) is 0 Å². The first-order valence-electron chi connectivity index (χ1n) is 7.06. The molecule has 0 aromatic heterocycles. The Morgan fingerprint density at radius 3 is 2.33 bits per heavy atom. The Balaban J connectivity index is 0.00000400. The summed E-state index contributed by atoms with van der Waals surface area (Å²) in [6.45, 7) is 4.81. The van der Waals surface area contributed by atoms with Gasteiger partial charge in [0.1, 0.15) is 12.1 Å². The molecule has 1 fully saturated rings. The molecule has 0 aliphatic carbocycles. The molecule has 0 spiro atoms. The Kier molecular flexibility index (Phi) is 8.27. The monoisotopic (exact) mass is 320 g/mol. The molecular formula is C13H25ClN4O3. The molecule has 0 radical (unpaired) electrons. The van der Waals surface area contributed by atoms with E-state index in [1.54, 1.807) is 0 Å². The van der Waals surface area contributed by atoms with E-state index in [-0.39, 0.29) is 30.8 Å². The van der Waals surface area contributed by atoms with E-state index in [1.807, 2.05) is 20.9 Å². The van der Waals surface area contributed by atoms with E-state index in [2.05, 4.69) is 16.0 Å². The van der Waals surface area contributed by atoms with Crippen LogP contribution in [0.15, 0.2) is 0 Å². The first-order chi connectivity index (χ1) is 9.50. The summed E-state index contributed by atoms with van der Waals surface area (Å²) in [5.74, 6) is -0.620. The molecule has 8 heteroatoms. The van der Waals surface area contributed by atoms with Crippen molar-refractivity contribution in [2.75, 3.05) is 26.7 Å². The van der Waals surface area contributed by atoms with Crippen LogP contribution in [0.3, 0.4) is 0 Å². The second-order valence-electron chi connectivity index (χ2n) is 4.92. The van der Waals surface area contributed by atoms with Gasteiger partial charge in [-0.2, -0.15) is 0 Å². The highest BCUT2D eigenvalue weighted by Crippen LogP contribution is 2.24. The van der Waals surface area contributed by atoms with E-state index in [4.69, 9.17) is 0 Å². The van der Waals surface area contributed by atoms with Gasteiger partial charge in [0.25, 0.3) is 5.91 Å². The van der Waals surface area contributed by atoms with E-state index in [9.17, 15) is 14.4 Å². The molecule has 1 rings (SSSR count). The zero-order valence-electron chi connectivity index (χ0n) is 12.8. The first-order valence-corrected chi connectivity index (χ1v) is 7.06. The molecule has 3 N–H and O–H groups in total. The van der Waals surface area contributed by atoms with Crippen LogP contribution in [0.4, 0.5) is 4.79 Å². The number of carbonyl (C=O) groups excluding carboxylic acids is 3. The number of hydrogen-bond acceptors (Lipinski definition) is 4. The number of carbonyl (C=O) groups is 3. The van der Waals surface area contributed by atoms with Gasteiger partial charge in [0, 0.05) is 6.54 Å². The lowest BCUT2D eigenvalue weighted by molar-refractivity contribution is -0.135. The number of amides is 4. The van der Waals surface area contributed by atoms with Crippen molar-refractivity contribution in [2.24, 2.45) is 0 Å². The quantitative estimate of drug-likeness (QED) is 0.441. The van der Waals surface area contributed by atoms with E-state index in [0.29, 0.717) is 19.4 Å². The van der Waals surface area contributed by atoms with Crippen LogP contribution >= 0.6 is 12.4 Å². The zero-order chi connectivity index (χ0) is 15.2. The highest BCUT2D eigenvalue weighted by atomic mass is 35.5. The van der Waals surface area contributed by atoms with Crippen molar-refractivity contribution in [2.45, 2.75) is 38.6 Å². The lowest BCUT2D eigenvalue weighted by Gasteiger charge is -2.22. The van der Waals surface area contributed by atoms with Gasteiger partial charge in [0.2, 0.25) is 5.91 Å². The number of hydrogen-bond donors (Lipinski definition) is 3. The summed E-state index contributed by atoms with van der Waals surface area (Å²) in [5.41, 5.74) is -0.844. The standard InChI is InChI=1S/C13H24N4O3.ClH/c1-4-13(5-2)11(19)17(12(20)16-13)9-10(18)15-8-6-7-14-3;/h14H,4-9H2,1-3H3,(H,15,18)(H,16,20);1H. The van der Waals surface area contributed by atoms with Gasteiger partial charge >= 0.3 is 6.03 Å². The largest absolute Gasteiger partial charge is 0.354 e. The molecule has 1 heterocycles. The second kappa shape index (κ2) is 8.84. The third-order valence-electron chi connectivity index (χ3n) is 3.68. The summed E-state index contributed by atoms with van der Waals surface area (Å²) >= 11 is 0. The summed E-state index contributed by atoms with van der Waals surface area (Å²) in [4.78, 5) is 36.8. The van der Waals surface area contributed by atoms with E-state index < -0.39 is 11.6 Å². The minimum atomic E-state index is -0.844. The number of nitrogens with zero attached hydrogens (tertiary/aromatic N) is 1. The Hall–Kier alpha value is -1.34. The number of urea groups is 1. The van der Waals surface area contributed by atoms with Crippen LogP contribution in [0.25, 0.3) is 0 Å². The molecule has 0 atom stereocenters. The predicted molar refractivity (Wildman–Crippen MR) is 82.4 cm³/mol. The number of rotatable bonds is 8. The van der Waals surface area contributed by atoms with Crippen LogP contribution in [-0.2, 0) is 9.59 Å². The maximum atomic E-state index is 12.3. The molecule has 0 saturated carbocycles. The summed E-state index contributed by atoms with van der Waals surface area (Å²) in [5, 5.41) is 8.37. The number of halogens is 1. The SMILES string of the molecule is CCC1(CC)NC(=O)N(CC(=O)NCCCNC)C1=O.Cl. The van der Waals surface area contributed by atoms with Crippen molar-refractivity contribution in [3.05, 3.63) is 0 Å². The molecule has 1 aliphatic rings. The average molecular weight is 321 g/mol. The Bertz CT molecular complexity index is 386. The van der Waals surface area contributed by atoms with Crippen LogP contribution in [0, 0.1) is 0 Å². The highest BCUT2D eigenvalue weighted by Gasteiger charge is 2.49. The summed E-state index contributed by atoms with van der Waals surface area (Å²) in [6, 6.07) is -0.482. The van der Waals surface area contributed by atoms with Crippen LogP contribution in [-0.4, -0.2) is 55.0 Å². The summed E-state index contributed by atoms with van der Waals surface area (Å²) in [7, 11) is 1.84. The van der Waals surface area contributed by atoms with Gasteiger partial charge < -0.3 is 16.0 Å². The fourth-order valence-corrected chi connectivity index (χ4v) is 2.24. The molecule has 0 aromatic rings. The Morgan fingerprint density at radius 2 is 1.86 bits per heavy atom. The molecule has 4 amide bonds. The predicted octanol–water partition coefficient (Wildman–Crippen LogP) is 0.245. The fourth-order valence-electron chi connectivity index (χ4n) is 2.24. The van der Waals surface area contributed by atoms with Crippen molar-refractivity contribution in [1.82, 2.24) is 20.9 Å². The third kappa shape index (κ3) is 4.57. The van der Waals surface area contributed by atoms with Crippen LogP contribution in [0.2, 0.25) is 0 Å². The highest BCUT2D eigenvalue weighted by molar-refractivity contribution is 6.08. The fraction of sp³-hybridized carbons (Fsp3) is 0.769. The second-order valence-corrected chi connectivity index (χ2v) is 4.92. The smallest absolute Gasteiger partial charge is 0.325 e. The van der Waals surface area contributed by atoms with Crippen molar-refractivity contribution < 1.29 is 14.4 Å².